The molecule has 1 heteroatoms. The van der Waals surface area contributed by atoms with E-state index in [-0.39, 0.29) is 5.83 Å². The lowest BCUT2D eigenvalue weighted by Crippen LogP contribution is -2.22. The molecular formula is C14H21F. The Bertz CT molecular complexity index is 298. The molecule has 0 aliphatic heterocycles. The van der Waals surface area contributed by atoms with Gasteiger partial charge >= 0.3 is 0 Å². The minimum absolute atomic E-state index is 0.0364. The minimum Gasteiger partial charge on any atom is -0.207 e. The molecule has 84 valence electrons. The molecule has 0 N–H and O–H groups in total. The second-order valence-corrected chi connectivity index (χ2v) is 5.12. The second kappa shape index (κ2) is 4.51. The third kappa shape index (κ3) is 2.16. The topological polar surface area (TPSA) is 0 Å². The molecular weight excluding hydrogens is 187 g/mol. The summed E-state index contributed by atoms with van der Waals surface area (Å²) in [6, 6.07) is 0. The van der Waals surface area contributed by atoms with Gasteiger partial charge in [-0.3, -0.25) is 0 Å². The van der Waals surface area contributed by atoms with Crippen LogP contribution < -0.4 is 0 Å². The van der Waals surface area contributed by atoms with E-state index in [0.717, 1.165) is 5.57 Å². The van der Waals surface area contributed by atoms with E-state index in [9.17, 15) is 4.39 Å². The van der Waals surface area contributed by atoms with Crippen molar-refractivity contribution in [3.05, 3.63) is 23.0 Å². The summed E-state index contributed by atoms with van der Waals surface area (Å²) in [4.78, 5) is 0. The van der Waals surface area contributed by atoms with Gasteiger partial charge in [-0.05, 0) is 50.2 Å². The summed E-state index contributed by atoms with van der Waals surface area (Å²) in [6.07, 6.45) is 9.51. The molecule has 0 heterocycles. The van der Waals surface area contributed by atoms with E-state index in [4.69, 9.17) is 0 Å². The SMILES string of the molecule is CC1=CC(F)=C(C)C2CCCCCCC12. The number of halogens is 1. The zero-order valence-electron chi connectivity index (χ0n) is 9.85. The van der Waals surface area contributed by atoms with Crippen molar-refractivity contribution in [1.29, 1.82) is 0 Å². The standard InChI is InChI=1S/C14H21F/c1-10-9-14(15)11(2)13-8-6-4-3-5-7-12(10)13/h9,12-13H,3-8H2,1-2H3. The number of rotatable bonds is 0. The average molecular weight is 208 g/mol. The minimum atomic E-state index is 0.0364. The van der Waals surface area contributed by atoms with Crippen molar-refractivity contribution in [1.82, 2.24) is 0 Å². The van der Waals surface area contributed by atoms with Crippen LogP contribution in [0.1, 0.15) is 52.4 Å². The molecule has 0 amide bonds. The van der Waals surface area contributed by atoms with Crippen LogP contribution >= 0.6 is 0 Å². The van der Waals surface area contributed by atoms with Gasteiger partial charge in [-0.1, -0.05) is 31.3 Å². The number of hydrogen-bond donors (Lipinski definition) is 0. The van der Waals surface area contributed by atoms with Crippen molar-refractivity contribution in [2.24, 2.45) is 11.8 Å². The Morgan fingerprint density at radius 1 is 1.00 bits per heavy atom. The molecule has 2 aliphatic carbocycles. The maximum Gasteiger partial charge on any atom is 0.122 e. The third-order valence-corrected chi connectivity index (χ3v) is 4.14. The van der Waals surface area contributed by atoms with Crippen LogP contribution in [0, 0.1) is 11.8 Å². The van der Waals surface area contributed by atoms with Gasteiger partial charge in [0, 0.05) is 0 Å². The van der Waals surface area contributed by atoms with Crippen LogP contribution in [0.15, 0.2) is 23.0 Å². The summed E-state index contributed by atoms with van der Waals surface area (Å²) in [6.45, 7) is 4.09. The quantitative estimate of drug-likeness (QED) is 0.537. The fourth-order valence-electron chi connectivity index (χ4n) is 3.15. The Morgan fingerprint density at radius 3 is 2.27 bits per heavy atom. The molecule has 2 atom stereocenters. The normalized spacial score (nSPS) is 32.9. The van der Waals surface area contributed by atoms with Crippen molar-refractivity contribution in [2.45, 2.75) is 52.4 Å². The molecule has 0 radical (unpaired) electrons. The molecule has 15 heavy (non-hydrogen) atoms. The predicted molar refractivity (Wildman–Crippen MR) is 62.2 cm³/mol. The summed E-state index contributed by atoms with van der Waals surface area (Å²) in [5.41, 5.74) is 2.28. The lowest BCUT2D eigenvalue weighted by atomic mass is 9.72. The van der Waals surface area contributed by atoms with Crippen molar-refractivity contribution >= 4 is 0 Å². The van der Waals surface area contributed by atoms with Crippen LogP contribution in [0.3, 0.4) is 0 Å². The highest BCUT2D eigenvalue weighted by Gasteiger charge is 2.29. The van der Waals surface area contributed by atoms with E-state index in [1.807, 2.05) is 6.92 Å². The fourth-order valence-corrected chi connectivity index (χ4v) is 3.15. The first-order chi connectivity index (χ1) is 7.20. The molecule has 0 aromatic heterocycles. The number of allylic oxidation sites excluding steroid dienone is 4. The molecule has 0 nitrogen and oxygen atoms in total. The van der Waals surface area contributed by atoms with E-state index in [1.165, 1.54) is 44.1 Å². The van der Waals surface area contributed by atoms with Crippen LogP contribution in [0.25, 0.3) is 0 Å². The zero-order valence-corrected chi connectivity index (χ0v) is 9.85. The van der Waals surface area contributed by atoms with Gasteiger partial charge in [0.05, 0.1) is 0 Å². The molecule has 2 unspecified atom stereocenters. The Kier molecular flexibility index (Phi) is 3.28. The van der Waals surface area contributed by atoms with Gasteiger partial charge in [0.25, 0.3) is 0 Å². The summed E-state index contributed by atoms with van der Waals surface area (Å²) in [5, 5.41) is 0. The van der Waals surface area contributed by atoms with Gasteiger partial charge in [0.2, 0.25) is 0 Å². The summed E-state index contributed by atoms with van der Waals surface area (Å²) in [5.74, 6) is 1.16. The lowest BCUT2D eigenvalue weighted by Gasteiger charge is -2.33. The summed E-state index contributed by atoms with van der Waals surface area (Å²) >= 11 is 0. The van der Waals surface area contributed by atoms with Gasteiger partial charge in [-0.2, -0.15) is 0 Å². The Hall–Kier alpha value is -0.590. The maximum atomic E-state index is 13.6. The molecule has 0 aromatic carbocycles. The fraction of sp³-hybridized carbons (Fsp3) is 0.714. The van der Waals surface area contributed by atoms with Crippen LogP contribution in [0.5, 0.6) is 0 Å². The molecule has 0 aromatic rings. The molecule has 1 saturated carbocycles. The first-order valence-electron chi connectivity index (χ1n) is 6.24. The summed E-state index contributed by atoms with van der Waals surface area (Å²) < 4.78 is 13.6. The Balaban J connectivity index is 2.24. The van der Waals surface area contributed by atoms with Crippen LogP contribution in [-0.2, 0) is 0 Å². The van der Waals surface area contributed by atoms with Crippen molar-refractivity contribution in [2.75, 3.05) is 0 Å². The van der Waals surface area contributed by atoms with Crippen molar-refractivity contribution in [3.63, 3.8) is 0 Å². The van der Waals surface area contributed by atoms with E-state index in [2.05, 4.69) is 6.92 Å². The van der Waals surface area contributed by atoms with E-state index < -0.39 is 0 Å². The first kappa shape index (κ1) is 10.9. The smallest absolute Gasteiger partial charge is 0.122 e. The molecule has 0 saturated heterocycles. The monoisotopic (exact) mass is 208 g/mol. The molecule has 1 fully saturated rings. The lowest BCUT2D eigenvalue weighted by molar-refractivity contribution is 0.320. The first-order valence-corrected chi connectivity index (χ1v) is 6.24. The maximum absolute atomic E-state index is 13.6. The van der Waals surface area contributed by atoms with Crippen LogP contribution in [-0.4, -0.2) is 0 Å². The molecule has 2 rings (SSSR count). The van der Waals surface area contributed by atoms with E-state index in [0.29, 0.717) is 11.8 Å². The molecule has 0 spiro atoms. The summed E-state index contributed by atoms with van der Waals surface area (Å²) in [7, 11) is 0. The third-order valence-electron chi connectivity index (χ3n) is 4.14. The predicted octanol–water partition coefficient (Wildman–Crippen LogP) is 4.78. The number of hydrogen-bond acceptors (Lipinski definition) is 0. The van der Waals surface area contributed by atoms with E-state index in [1.54, 1.807) is 6.08 Å². The Morgan fingerprint density at radius 2 is 1.60 bits per heavy atom. The molecule has 0 bridgehead atoms. The van der Waals surface area contributed by atoms with Gasteiger partial charge in [0.1, 0.15) is 5.83 Å². The highest BCUT2D eigenvalue weighted by Crippen LogP contribution is 2.41. The van der Waals surface area contributed by atoms with Crippen LogP contribution in [0.4, 0.5) is 4.39 Å². The number of fused-ring (bicyclic) bond motifs is 1. The van der Waals surface area contributed by atoms with Crippen LogP contribution in [0.2, 0.25) is 0 Å². The Labute approximate surface area is 92.3 Å². The molecule has 2 aliphatic rings. The van der Waals surface area contributed by atoms with Gasteiger partial charge in [-0.25, -0.2) is 4.39 Å². The van der Waals surface area contributed by atoms with Gasteiger partial charge < -0.3 is 0 Å². The largest absolute Gasteiger partial charge is 0.207 e. The van der Waals surface area contributed by atoms with Gasteiger partial charge in [0.15, 0.2) is 0 Å². The van der Waals surface area contributed by atoms with E-state index >= 15 is 0 Å². The van der Waals surface area contributed by atoms with Crippen molar-refractivity contribution in [3.8, 4) is 0 Å². The van der Waals surface area contributed by atoms with Gasteiger partial charge in [-0.15, -0.1) is 0 Å². The second-order valence-electron chi connectivity index (χ2n) is 5.12. The average Bonchev–Trinajstić information content (AvgIpc) is 2.14. The zero-order chi connectivity index (χ0) is 10.8. The highest BCUT2D eigenvalue weighted by atomic mass is 19.1. The highest BCUT2D eigenvalue weighted by molar-refractivity contribution is 5.31. The van der Waals surface area contributed by atoms with Crippen molar-refractivity contribution < 1.29 is 4.39 Å².